The zero-order valence-corrected chi connectivity index (χ0v) is 11.5. The summed E-state index contributed by atoms with van der Waals surface area (Å²) in [5, 5.41) is 7.28. The Morgan fingerprint density at radius 3 is 3.05 bits per heavy atom. The minimum Gasteiger partial charge on any atom is -0.467 e. The zero-order valence-electron chi connectivity index (χ0n) is 9.83. The molecule has 0 radical (unpaired) electrons. The highest BCUT2D eigenvalue weighted by atomic mass is 32.1. The van der Waals surface area contributed by atoms with Crippen LogP contribution in [0.2, 0.25) is 0 Å². The smallest absolute Gasteiger partial charge is 0.276 e. The molecule has 0 aromatic carbocycles. The Balaban J connectivity index is 1.81. The topological polar surface area (TPSA) is 45.5 Å². The van der Waals surface area contributed by atoms with E-state index >= 15 is 0 Å². The van der Waals surface area contributed by atoms with Crippen LogP contribution in [-0.2, 0) is 11.3 Å². The molecule has 3 rings (SSSR count). The Bertz CT molecular complexity index is 630. The minimum absolute atomic E-state index is 0.132. The van der Waals surface area contributed by atoms with Gasteiger partial charge in [0.2, 0.25) is 0 Å². The third-order valence-corrected chi connectivity index (χ3v) is 3.73. The summed E-state index contributed by atoms with van der Waals surface area (Å²) >= 11 is 6.76. The Kier molecular flexibility index (Phi) is 3.18. The predicted molar refractivity (Wildman–Crippen MR) is 77.3 cm³/mol. The van der Waals surface area contributed by atoms with E-state index in [9.17, 15) is 4.79 Å². The van der Waals surface area contributed by atoms with Gasteiger partial charge in [-0.25, -0.2) is 0 Å². The van der Waals surface area contributed by atoms with Crippen molar-refractivity contribution in [1.29, 1.82) is 0 Å². The number of nitrogens with zero attached hydrogens (tertiary/aromatic N) is 1. The molecule has 1 N–H and O–H groups in total. The van der Waals surface area contributed by atoms with Crippen molar-refractivity contribution in [3.8, 4) is 0 Å². The van der Waals surface area contributed by atoms with Gasteiger partial charge in [0, 0.05) is 0 Å². The van der Waals surface area contributed by atoms with E-state index in [4.69, 9.17) is 16.6 Å². The lowest BCUT2D eigenvalue weighted by atomic mass is 10.2. The van der Waals surface area contributed by atoms with Crippen LogP contribution in [0.5, 0.6) is 0 Å². The maximum Gasteiger partial charge on any atom is 0.276 e. The van der Waals surface area contributed by atoms with E-state index in [1.807, 2.05) is 22.9 Å². The second-order valence-corrected chi connectivity index (χ2v) is 5.18. The molecule has 1 aliphatic heterocycles. The Hall–Kier alpha value is -1.92. The highest BCUT2D eigenvalue weighted by molar-refractivity contribution is 7.80. The monoisotopic (exact) mass is 290 g/mol. The lowest BCUT2D eigenvalue weighted by Crippen LogP contribution is -2.29. The number of thiophene rings is 1. The average molecular weight is 290 g/mol. The summed E-state index contributed by atoms with van der Waals surface area (Å²) in [7, 11) is 0. The van der Waals surface area contributed by atoms with Crippen molar-refractivity contribution in [1.82, 2.24) is 10.2 Å². The van der Waals surface area contributed by atoms with Gasteiger partial charge in [-0.2, -0.15) is 11.3 Å². The van der Waals surface area contributed by atoms with Gasteiger partial charge < -0.3 is 9.73 Å². The number of furan rings is 1. The minimum atomic E-state index is -0.132. The molecule has 0 atom stereocenters. The Labute approximate surface area is 119 Å². The van der Waals surface area contributed by atoms with Gasteiger partial charge in [-0.1, -0.05) is 0 Å². The summed E-state index contributed by atoms with van der Waals surface area (Å²) < 4.78 is 5.23. The van der Waals surface area contributed by atoms with E-state index < -0.39 is 0 Å². The zero-order chi connectivity index (χ0) is 13.2. The van der Waals surface area contributed by atoms with E-state index in [-0.39, 0.29) is 5.91 Å². The molecular weight excluding hydrogens is 280 g/mol. The maximum atomic E-state index is 12.2. The van der Waals surface area contributed by atoms with Gasteiger partial charge in [0.1, 0.15) is 11.5 Å². The van der Waals surface area contributed by atoms with Crippen molar-refractivity contribution in [2.24, 2.45) is 0 Å². The van der Waals surface area contributed by atoms with Gasteiger partial charge in [0.25, 0.3) is 5.91 Å². The summed E-state index contributed by atoms with van der Waals surface area (Å²) in [4.78, 5) is 13.7. The summed E-state index contributed by atoms with van der Waals surface area (Å²) in [5.41, 5.74) is 1.48. The fraction of sp³-hybridized carbons (Fsp3) is 0.0769. The number of hydrogen-bond donors (Lipinski definition) is 1. The van der Waals surface area contributed by atoms with Gasteiger partial charge >= 0.3 is 0 Å². The first-order chi connectivity index (χ1) is 9.24. The third kappa shape index (κ3) is 2.45. The number of rotatable bonds is 3. The number of hydrogen-bond acceptors (Lipinski definition) is 4. The first-order valence-electron chi connectivity index (χ1n) is 5.63. The number of thiocarbonyl (C=S) groups is 1. The van der Waals surface area contributed by atoms with E-state index in [0.29, 0.717) is 23.1 Å². The van der Waals surface area contributed by atoms with Crippen LogP contribution < -0.4 is 5.32 Å². The van der Waals surface area contributed by atoms with Crippen LogP contribution in [0.4, 0.5) is 0 Å². The highest BCUT2D eigenvalue weighted by Crippen LogP contribution is 2.18. The molecule has 4 nitrogen and oxygen atoms in total. The van der Waals surface area contributed by atoms with Crippen molar-refractivity contribution in [2.75, 3.05) is 0 Å². The standard InChI is InChI=1S/C13H10N2O2S2/c16-12-11(6-9-3-5-19-8-9)14-13(18)15(12)7-10-2-1-4-17-10/h1-6,8H,7H2,(H,14,18). The fourth-order valence-electron chi connectivity index (χ4n) is 1.80. The molecule has 1 aliphatic rings. The molecule has 1 amide bonds. The second kappa shape index (κ2) is 4.99. The molecule has 6 heteroatoms. The number of carbonyl (C=O) groups is 1. The van der Waals surface area contributed by atoms with Crippen molar-refractivity contribution >= 4 is 40.7 Å². The predicted octanol–water partition coefficient (Wildman–Crippen LogP) is 2.60. The van der Waals surface area contributed by atoms with Crippen LogP contribution in [0.15, 0.2) is 45.3 Å². The van der Waals surface area contributed by atoms with Crippen LogP contribution in [0.3, 0.4) is 0 Å². The molecule has 1 fully saturated rings. The summed E-state index contributed by atoms with van der Waals surface area (Å²) in [6, 6.07) is 5.55. The van der Waals surface area contributed by atoms with Crippen LogP contribution in [0.25, 0.3) is 6.08 Å². The van der Waals surface area contributed by atoms with Crippen LogP contribution in [0.1, 0.15) is 11.3 Å². The van der Waals surface area contributed by atoms with Crippen molar-refractivity contribution in [3.05, 3.63) is 52.2 Å². The number of amides is 1. The summed E-state index contributed by atoms with van der Waals surface area (Å²) in [6.07, 6.45) is 3.38. The Morgan fingerprint density at radius 1 is 1.47 bits per heavy atom. The molecule has 3 heterocycles. The fourth-order valence-corrected chi connectivity index (χ4v) is 2.67. The first kappa shape index (κ1) is 12.1. The van der Waals surface area contributed by atoms with Crippen molar-refractivity contribution in [3.63, 3.8) is 0 Å². The molecular formula is C13H10N2O2S2. The van der Waals surface area contributed by atoms with Crippen LogP contribution >= 0.6 is 23.6 Å². The van der Waals surface area contributed by atoms with E-state index in [1.165, 1.54) is 4.90 Å². The quantitative estimate of drug-likeness (QED) is 0.697. The third-order valence-electron chi connectivity index (χ3n) is 2.71. The first-order valence-corrected chi connectivity index (χ1v) is 6.98. The molecule has 0 saturated carbocycles. The molecule has 19 heavy (non-hydrogen) atoms. The summed E-state index contributed by atoms with van der Waals surface area (Å²) in [5.74, 6) is 0.571. The molecule has 0 bridgehead atoms. The SMILES string of the molecule is O=C1C(=Cc2ccsc2)NC(=S)N1Cc1ccco1. The van der Waals surface area contributed by atoms with Crippen LogP contribution in [-0.4, -0.2) is 15.9 Å². The maximum absolute atomic E-state index is 12.2. The number of nitrogens with one attached hydrogen (secondary N) is 1. The van der Waals surface area contributed by atoms with Gasteiger partial charge in [-0.05, 0) is 52.8 Å². The molecule has 1 saturated heterocycles. The van der Waals surface area contributed by atoms with Crippen LogP contribution in [0, 0.1) is 0 Å². The average Bonchev–Trinajstić information content (AvgIpc) is 3.10. The lowest BCUT2D eigenvalue weighted by Gasteiger charge is -2.11. The molecule has 2 aromatic heterocycles. The van der Waals surface area contributed by atoms with Gasteiger partial charge in [0.05, 0.1) is 12.8 Å². The van der Waals surface area contributed by atoms with Crippen molar-refractivity contribution in [2.45, 2.75) is 6.54 Å². The molecule has 0 unspecified atom stereocenters. The van der Waals surface area contributed by atoms with E-state index in [2.05, 4.69) is 5.32 Å². The molecule has 0 spiro atoms. The lowest BCUT2D eigenvalue weighted by molar-refractivity contribution is -0.122. The largest absolute Gasteiger partial charge is 0.467 e. The van der Waals surface area contributed by atoms with Gasteiger partial charge in [0.15, 0.2) is 5.11 Å². The number of carbonyl (C=O) groups excluding carboxylic acids is 1. The second-order valence-electron chi connectivity index (χ2n) is 4.02. The van der Waals surface area contributed by atoms with E-state index in [1.54, 1.807) is 29.7 Å². The van der Waals surface area contributed by atoms with Crippen molar-refractivity contribution < 1.29 is 9.21 Å². The molecule has 0 aliphatic carbocycles. The summed E-state index contributed by atoms with van der Waals surface area (Å²) in [6.45, 7) is 0.346. The molecule has 2 aromatic rings. The normalized spacial score (nSPS) is 17.3. The van der Waals surface area contributed by atoms with E-state index in [0.717, 1.165) is 5.56 Å². The highest BCUT2D eigenvalue weighted by Gasteiger charge is 2.31. The van der Waals surface area contributed by atoms with Gasteiger partial charge in [-0.3, -0.25) is 9.69 Å². The molecule has 96 valence electrons. The Morgan fingerprint density at radius 2 is 2.37 bits per heavy atom. The van der Waals surface area contributed by atoms with Gasteiger partial charge in [-0.15, -0.1) is 0 Å².